The second-order valence-electron chi connectivity index (χ2n) is 4.89. The normalized spacial score (nSPS) is 19.0. The van der Waals surface area contributed by atoms with Crippen LogP contribution >= 0.6 is 0 Å². The van der Waals surface area contributed by atoms with Crippen molar-refractivity contribution in [3.8, 4) is 11.7 Å². The van der Waals surface area contributed by atoms with Crippen LogP contribution in [0.2, 0.25) is 0 Å². The molecule has 1 fully saturated rings. The minimum atomic E-state index is -0.245. The van der Waals surface area contributed by atoms with Crippen LogP contribution in [0.3, 0.4) is 0 Å². The van der Waals surface area contributed by atoms with E-state index in [1.165, 1.54) is 6.26 Å². The van der Waals surface area contributed by atoms with Gasteiger partial charge in [-0.2, -0.15) is 0 Å². The van der Waals surface area contributed by atoms with Gasteiger partial charge in [-0.15, -0.1) is 5.10 Å². The van der Waals surface area contributed by atoms with Gasteiger partial charge in [0.15, 0.2) is 5.76 Å². The van der Waals surface area contributed by atoms with Crippen LogP contribution in [0.25, 0.3) is 11.7 Å². The number of aliphatic hydroxyl groups excluding tert-OH is 1. The summed E-state index contributed by atoms with van der Waals surface area (Å²) in [5.41, 5.74) is 0. The Morgan fingerprint density at radius 1 is 1.52 bits per heavy atom. The molecule has 1 atom stereocenters. The van der Waals surface area contributed by atoms with E-state index in [-0.39, 0.29) is 37.0 Å². The number of carbonyl (C=O) groups is 1. The molecule has 3 heterocycles. The van der Waals surface area contributed by atoms with Gasteiger partial charge in [0, 0.05) is 6.04 Å². The summed E-state index contributed by atoms with van der Waals surface area (Å²) in [5.74, 6) is 0.414. The molecule has 1 unspecified atom stereocenters. The number of amides is 1. The van der Waals surface area contributed by atoms with Crippen molar-refractivity contribution in [2.75, 3.05) is 25.0 Å². The second kappa shape index (κ2) is 6.06. The van der Waals surface area contributed by atoms with Gasteiger partial charge >= 0.3 is 6.01 Å². The van der Waals surface area contributed by atoms with Gasteiger partial charge in [0.1, 0.15) is 0 Å². The Hall–Kier alpha value is -2.19. The van der Waals surface area contributed by atoms with Crippen LogP contribution in [0.4, 0.5) is 6.01 Å². The number of likely N-dealkylation sites (tertiary alicyclic amines) is 1. The third-order valence-electron chi connectivity index (χ3n) is 3.46. The molecule has 1 amide bonds. The van der Waals surface area contributed by atoms with Crippen LogP contribution in [-0.4, -0.2) is 51.8 Å². The number of hydrogen-bond donors (Lipinski definition) is 2. The molecule has 0 bridgehead atoms. The Labute approximate surface area is 120 Å². The predicted octanol–water partition coefficient (Wildman–Crippen LogP) is 0.725. The van der Waals surface area contributed by atoms with E-state index in [2.05, 4.69) is 15.5 Å². The fourth-order valence-electron chi connectivity index (χ4n) is 2.43. The Morgan fingerprint density at radius 2 is 2.43 bits per heavy atom. The van der Waals surface area contributed by atoms with Crippen LogP contribution in [-0.2, 0) is 4.79 Å². The lowest BCUT2D eigenvalue weighted by Crippen LogP contribution is -2.38. The lowest BCUT2D eigenvalue weighted by atomic mass is 10.2. The van der Waals surface area contributed by atoms with Crippen molar-refractivity contribution in [2.24, 2.45) is 0 Å². The topological polar surface area (TPSA) is 105 Å². The molecule has 0 radical (unpaired) electrons. The Morgan fingerprint density at radius 3 is 3.19 bits per heavy atom. The van der Waals surface area contributed by atoms with E-state index in [1.807, 2.05) is 4.90 Å². The summed E-state index contributed by atoms with van der Waals surface area (Å²) in [6.07, 6.45) is 3.40. The van der Waals surface area contributed by atoms with Gasteiger partial charge in [-0.25, -0.2) is 0 Å². The molecule has 0 spiro atoms. The van der Waals surface area contributed by atoms with E-state index in [9.17, 15) is 9.90 Å². The molecule has 1 saturated heterocycles. The van der Waals surface area contributed by atoms with Crippen LogP contribution in [0.5, 0.6) is 0 Å². The highest BCUT2D eigenvalue weighted by molar-refractivity contribution is 5.90. The van der Waals surface area contributed by atoms with E-state index >= 15 is 0 Å². The van der Waals surface area contributed by atoms with Gasteiger partial charge in [-0.05, 0) is 31.5 Å². The number of rotatable bonds is 5. The number of anilines is 1. The Balaban J connectivity index is 1.58. The monoisotopic (exact) mass is 292 g/mol. The second-order valence-corrected chi connectivity index (χ2v) is 4.89. The van der Waals surface area contributed by atoms with Crippen molar-refractivity contribution in [2.45, 2.75) is 18.9 Å². The maximum absolute atomic E-state index is 11.9. The van der Waals surface area contributed by atoms with Gasteiger partial charge in [0.25, 0.3) is 5.89 Å². The van der Waals surface area contributed by atoms with Crippen LogP contribution in [0.1, 0.15) is 12.8 Å². The zero-order chi connectivity index (χ0) is 14.7. The third-order valence-corrected chi connectivity index (χ3v) is 3.46. The Kier molecular flexibility index (Phi) is 3.98. The summed E-state index contributed by atoms with van der Waals surface area (Å²) in [4.78, 5) is 13.9. The van der Waals surface area contributed by atoms with E-state index in [1.54, 1.807) is 12.1 Å². The van der Waals surface area contributed by atoms with Crippen molar-refractivity contribution in [1.29, 1.82) is 0 Å². The molecule has 0 saturated carbocycles. The molecule has 2 N–H and O–H groups in total. The number of aliphatic hydroxyl groups is 1. The summed E-state index contributed by atoms with van der Waals surface area (Å²) in [6, 6.07) is 3.48. The fraction of sp³-hybridized carbons (Fsp3) is 0.462. The molecule has 21 heavy (non-hydrogen) atoms. The Bertz CT molecular complexity index is 595. The number of nitrogens with one attached hydrogen (secondary N) is 1. The molecule has 0 aromatic carbocycles. The van der Waals surface area contributed by atoms with Gasteiger partial charge in [-0.3, -0.25) is 15.0 Å². The van der Waals surface area contributed by atoms with Crippen LogP contribution in [0, 0.1) is 0 Å². The van der Waals surface area contributed by atoms with E-state index in [0.29, 0.717) is 5.76 Å². The molecular formula is C13H16N4O4. The smallest absolute Gasteiger partial charge is 0.322 e. The third kappa shape index (κ3) is 3.11. The number of aromatic nitrogens is 2. The summed E-state index contributed by atoms with van der Waals surface area (Å²) in [5, 5.41) is 19.3. The van der Waals surface area contributed by atoms with Crippen LogP contribution in [0.15, 0.2) is 27.2 Å². The van der Waals surface area contributed by atoms with Crippen molar-refractivity contribution < 1.29 is 18.7 Å². The molecule has 3 rings (SSSR count). The summed E-state index contributed by atoms with van der Waals surface area (Å²) in [6.45, 7) is 1.07. The molecule has 112 valence electrons. The van der Waals surface area contributed by atoms with E-state index < -0.39 is 0 Å². The van der Waals surface area contributed by atoms with Gasteiger partial charge in [-0.1, -0.05) is 5.10 Å². The van der Waals surface area contributed by atoms with Gasteiger partial charge in [0.05, 0.1) is 19.4 Å². The van der Waals surface area contributed by atoms with Crippen molar-refractivity contribution in [3.63, 3.8) is 0 Å². The minimum Gasteiger partial charge on any atom is -0.459 e. The number of hydrogen-bond acceptors (Lipinski definition) is 7. The maximum atomic E-state index is 11.9. The van der Waals surface area contributed by atoms with E-state index in [0.717, 1.165) is 19.4 Å². The molecule has 0 aliphatic carbocycles. The minimum absolute atomic E-state index is 0.0335. The largest absolute Gasteiger partial charge is 0.459 e. The van der Waals surface area contributed by atoms with Crippen molar-refractivity contribution in [1.82, 2.24) is 15.1 Å². The lowest BCUT2D eigenvalue weighted by Gasteiger charge is -2.21. The molecule has 8 heteroatoms. The van der Waals surface area contributed by atoms with Gasteiger partial charge in [0.2, 0.25) is 5.91 Å². The highest BCUT2D eigenvalue weighted by Crippen LogP contribution is 2.20. The molecule has 2 aromatic heterocycles. The predicted molar refractivity (Wildman–Crippen MR) is 72.3 cm³/mol. The maximum Gasteiger partial charge on any atom is 0.322 e. The fourth-order valence-corrected chi connectivity index (χ4v) is 2.43. The zero-order valence-electron chi connectivity index (χ0n) is 11.4. The van der Waals surface area contributed by atoms with Gasteiger partial charge < -0.3 is 13.9 Å². The van der Waals surface area contributed by atoms with Crippen molar-refractivity contribution >= 4 is 11.9 Å². The lowest BCUT2D eigenvalue weighted by molar-refractivity contribution is -0.117. The first-order valence-electron chi connectivity index (χ1n) is 6.78. The molecule has 2 aromatic rings. The number of furan rings is 1. The zero-order valence-corrected chi connectivity index (χ0v) is 11.4. The molecule has 1 aliphatic heterocycles. The first kappa shape index (κ1) is 13.8. The number of carbonyl (C=O) groups excluding carboxylic acids is 1. The average Bonchev–Trinajstić information content (AvgIpc) is 3.19. The first-order chi connectivity index (χ1) is 10.3. The highest BCUT2D eigenvalue weighted by atomic mass is 16.4. The first-order valence-corrected chi connectivity index (χ1v) is 6.78. The van der Waals surface area contributed by atoms with Crippen molar-refractivity contribution in [3.05, 3.63) is 18.4 Å². The summed E-state index contributed by atoms with van der Waals surface area (Å²) < 4.78 is 10.4. The SMILES string of the molecule is O=C(CN1CCCC1CO)Nc1nnc(-c2ccco2)o1. The number of nitrogens with zero attached hydrogens (tertiary/aromatic N) is 3. The highest BCUT2D eigenvalue weighted by Gasteiger charge is 2.26. The average molecular weight is 292 g/mol. The summed E-state index contributed by atoms with van der Waals surface area (Å²) in [7, 11) is 0. The molecule has 8 nitrogen and oxygen atoms in total. The van der Waals surface area contributed by atoms with E-state index in [4.69, 9.17) is 8.83 Å². The molecule has 1 aliphatic rings. The van der Waals surface area contributed by atoms with Crippen LogP contribution < -0.4 is 5.32 Å². The quantitative estimate of drug-likeness (QED) is 0.836. The standard InChI is InChI=1S/C13H16N4O4/c18-8-9-3-1-5-17(9)7-11(19)14-13-16-15-12(21-13)10-4-2-6-20-10/h2,4,6,9,18H,1,3,5,7-8H2,(H,14,16,19). The molecular weight excluding hydrogens is 276 g/mol. The summed E-state index contributed by atoms with van der Waals surface area (Å²) >= 11 is 0.